The van der Waals surface area contributed by atoms with Crippen LogP contribution in [0.4, 0.5) is 9.18 Å². The molecule has 0 bridgehead atoms. The highest BCUT2D eigenvalue weighted by molar-refractivity contribution is 7.91. The van der Waals surface area contributed by atoms with E-state index in [2.05, 4.69) is 20.3 Å². The Hall–Kier alpha value is -4.79. The van der Waals surface area contributed by atoms with Crippen molar-refractivity contribution in [3.05, 3.63) is 60.4 Å². The van der Waals surface area contributed by atoms with Gasteiger partial charge in [0.2, 0.25) is 27.7 Å². The molecule has 2 aliphatic carbocycles. The van der Waals surface area contributed by atoms with Gasteiger partial charge in [0.25, 0.3) is 5.91 Å². The van der Waals surface area contributed by atoms with Gasteiger partial charge in [-0.25, -0.2) is 22.6 Å². The van der Waals surface area contributed by atoms with E-state index in [1.807, 2.05) is 24.3 Å². The van der Waals surface area contributed by atoms with Gasteiger partial charge in [-0.2, -0.15) is 0 Å². The fraction of sp³-hybridized carbons (Fsp3) is 0.472. The second-order valence-corrected chi connectivity index (χ2v) is 16.5. The van der Waals surface area contributed by atoms with E-state index in [1.165, 1.54) is 17.0 Å². The molecule has 7 rings (SSSR count). The maximum Gasteiger partial charge on any atom is 0.405 e. The van der Waals surface area contributed by atoms with Gasteiger partial charge in [-0.1, -0.05) is 43.2 Å². The number of hydrogen-bond acceptors (Lipinski definition) is 8. The van der Waals surface area contributed by atoms with Crippen molar-refractivity contribution in [2.75, 3.05) is 6.54 Å². The lowest BCUT2D eigenvalue weighted by molar-refractivity contribution is -0.141. The van der Waals surface area contributed by atoms with E-state index in [9.17, 15) is 37.1 Å². The smallest absolute Gasteiger partial charge is 0.405 e. The number of carboxylic acid groups (broad SMARTS) is 1. The Morgan fingerprint density at radius 1 is 1.08 bits per heavy atom. The molecule has 4 N–H and O–H groups in total. The largest absolute Gasteiger partial charge is 0.472 e. The molecule has 1 aromatic heterocycles. The van der Waals surface area contributed by atoms with E-state index in [0.29, 0.717) is 48.4 Å². The van der Waals surface area contributed by atoms with Crippen LogP contribution in [0.1, 0.15) is 64.7 Å². The third kappa shape index (κ3) is 6.70. The van der Waals surface area contributed by atoms with Gasteiger partial charge in [0.05, 0.1) is 16.8 Å². The topological polar surface area (TPSA) is 184 Å². The standard InChI is InChI=1S/C36H40FN5O8S/c1-35(15-16-35)51(48,49)41-33(45)36-19-21(36)9-5-3-2-4-6-12-27(39-34(46)47)32(44)42-20-23(18-29(42)30(43)40-36)50-31-26-11-8-7-10-24(26)25-14-13-22(37)17-28(25)38-31/h5,7-11,13-14,17,21,23,27,29,39H,2-4,6,12,15-16,18-20H2,1H3,(H,40,43)(H,41,45)(H,46,47)/b9-5-/t21-,23-,27+,29+,36-/m1/s1. The van der Waals surface area contributed by atoms with Crippen LogP contribution in [-0.4, -0.2) is 82.2 Å². The fourth-order valence-electron chi connectivity index (χ4n) is 7.24. The van der Waals surface area contributed by atoms with Crippen LogP contribution >= 0.6 is 0 Å². The Bertz CT molecular complexity index is 2070. The van der Waals surface area contributed by atoms with Crippen molar-refractivity contribution >= 4 is 55.5 Å². The van der Waals surface area contributed by atoms with Crippen molar-refractivity contribution in [2.45, 2.75) is 93.2 Å². The summed E-state index contributed by atoms with van der Waals surface area (Å²) in [7, 11) is -4.01. The number of ether oxygens (including phenoxy) is 1. The summed E-state index contributed by atoms with van der Waals surface area (Å²) in [4.78, 5) is 59.7. The zero-order valence-electron chi connectivity index (χ0n) is 28.1. The van der Waals surface area contributed by atoms with E-state index < -0.39 is 74.0 Å². The maximum atomic E-state index is 14.3. The number of carbonyl (C=O) groups excluding carboxylic acids is 3. The molecular weight excluding hydrogens is 681 g/mol. The average molecular weight is 722 g/mol. The van der Waals surface area contributed by atoms with Crippen molar-refractivity contribution in [3.63, 3.8) is 0 Å². The monoisotopic (exact) mass is 721 g/mol. The van der Waals surface area contributed by atoms with E-state index in [-0.39, 0.29) is 31.7 Å². The van der Waals surface area contributed by atoms with Gasteiger partial charge in [0.1, 0.15) is 29.5 Å². The van der Waals surface area contributed by atoms with Gasteiger partial charge in [-0.05, 0) is 69.0 Å². The first kappa shape index (κ1) is 34.6. The summed E-state index contributed by atoms with van der Waals surface area (Å²) >= 11 is 0. The summed E-state index contributed by atoms with van der Waals surface area (Å²) < 4.78 is 47.9. The number of benzene rings is 2. The lowest BCUT2D eigenvalue weighted by Gasteiger charge is -2.29. The summed E-state index contributed by atoms with van der Waals surface area (Å²) in [5, 5.41) is 16.8. The summed E-state index contributed by atoms with van der Waals surface area (Å²) in [6.45, 7) is 1.45. The van der Waals surface area contributed by atoms with Gasteiger partial charge < -0.3 is 25.4 Å². The number of nitrogens with zero attached hydrogens (tertiary/aromatic N) is 2. The normalized spacial score (nSPS) is 28.4. The van der Waals surface area contributed by atoms with Crippen LogP contribution in [0.3, 0.4) is 0 Å². The zero-order chi connectivity index (χ0) is 36.1. The highest BCUT2D eigenvalue weighted by Crippen LogP contribution is 2.47. The zero-order valence-corrected chi connectivity index (χ0v) is 28.9. The first-order valence-electron chi connectivity index (χ1n) is 17.3. The molecule has 5 atom stereocenters. The van der Waals surface area contributed by atoms with E-state index in [4.69, 9.17) is 4.74 Å². The second-order valence-electron chi connectivity index (χ2n) is 14.3. The molecule has 51 heavy (non-hydrogen) atoms. The lowest BCUT2D eigenvalue weighted by atomic mass is 10.1. The van der Waals surface area contributed by atoms with Crippen LogP contribution < -0.4 is 20.1 Å². The summed E-state index contributed by atoms with van der Waals surface area (Å²) in [6.07, 6.45) is 5.36. The predicted molar refractivity (Wildman–Crippen MR) is 185 cm³/mol. The van der Waals surface area contributed by atoms with Crippen molar-refractivity contribution in [1.29, 1.82) is 0 Å². The van der Waals surface area contributed by atoms with Crippen LogP contribution in [0.2, 0.25) is 0 Å². The first-order valence-corrected chi connectivity index (χ1v) is 18.8. The van der Waals surface area contributed by atoms with Crippen LogP contribution in [0.25, 0.3) is 21.7 Å². The Kier molecular flexibility index (Phi) is 8.88. The molecule has 13 nitrogen and oxygen atoms in total. The molecule has 0 radical (unpaired) electrons. The Morgan fingerprint density at radius 3 is 2.59 bits per heavy atom. The molecule has 1 saturated heterocycles. The molecule has 4 amide bonds. The number of fused-ring (bicyclic) bond motifs is 5. The molecule has 4 aliphatic rings. The predicted octanol–water partition coefficient (Wildman–Crippen LogP) is 3.91. The minimum absolute atomic E-state index is 0.0386. The van der Waals surface area contributed by atoms with Gasteiger partial charge in [0.15, 0.2) is 0 Å². The van der Waals surface area contributed by atoms with Gasteiger partial charge in [-0.3, -0.25) is 19.1 Å². The lowest BCUT2D eigenvalue weighted by Crippen LogP contribution is -2.58. The Labute approximate surface area is 294 Å². The number of hydrogen-bond donors (Lipinski definition) is 4. The number of halogens is 1. The van der Waals surface area contributed by atoms with Crippen molar-refractivity contribution in [1.82, 2.24) is 25.2 Å². The van der Waals surface area contributed by atoms with Gasteiger partial charge in [-0.15, -0.1) is 0 Å². The van der Waals surface area contributed by atoms with Crippen molar-refractivity contribution < 1.29 is 41.8 Å². The highest BCUT2D eigenvalue weighted by Gasteiger charge is 2.63. The van der Waals surface area contributed by atoms with Crippen LogP contribution in [0.15, 0.2) is 54.6 Å². The molecule has 0 spiro atoms. The third-order valence-electron chi connectivity index (χ3n) is 10.7. The molecule has 2 saturated carbocycles. The summed E-state index contributed by atoms with van der Waals surface area (Å²) in [6, 6.07) is 9.24. The van der Waals surface area contributed by atoms with Crippen LogP contribution in [0.5, 0.6) is 5.88 Å². The molecule has 3 heterocycles. The number of carbonyl (C=O) groups is 4. The molecule has 2 aliphatic heterocycles. The molecule has 2 aromatic carbocycles. The number of rotatable bonds is 6. The van der Waals surface area contributed by atoms with E-state index in [0.717, 1.165) is 11.8 Å². The van der Waals surface area contributed by atoms with Crippen LogP contribution in [0, 0.1) is 11.7 Å². The third-order valence-corrected chi connectivity index (χ3v) is 12.8. The van der Waals surface area contributed by atoms with Gasteiger partial charge >= 0.3 is 6.09 Å². The van der Waals surface area contributed by atoms with Crippen LogP contribution in [-0.2, 0) is 24.4 Å². The second kappa shape index (κ2) is 13.1. The minimum Gasteiger partial charge on any atom is -0.472 e. The van der Waals surface area contributed by atoms with Gasteiger partial charge in [0, 0.05) is 29.2 Å². The number of nitrogens with one attached hydrogen (secondary N) is 3. The number of sulfonamides is 1. The Balaban J connectivity index is 1.22. The Morgan fingerprint density at radius 2 is 1.84 bits per heavy atom. The van der Waals surface area contributed by atoms with Crippen molar-refractivity contribution in [2.24, 2.45) is 5.92 Å². The molecular formula is C36H40FN5O8S. The molecule has 270 valence electrons. The number of allylic oxidation sites excluding steroid dienone is 1. The molecule has 3 fully saturated rings. The highest BCUT2D eigenvalue weighted by atomic mass is 32.2. The minimum atomic E-state index is -4.01. The number of amides is 4. The van der Waals surface area contributed by atoms with E-state index >= 15 is 0 Å². The molecule has 15 heteroatoms. The van der Waals surface area contributed by atoms with Crippen molar-refractivity contribution in [3.8, 4) is 5.88 Å². The molecule has 3 aromatic rings. The van der Waals surface area contributed by atoms with E-state index in [1.54, 1.807) is 25.1 Å². The maximum absolute atomic E-state index is 14.3. The first-order chi connectivity index (χ1) is 24.3. The number of pyridine rings is 1. The SMILES string of the molecule is CC1(S(=O)(=O)NC(=O)[C@@]23C[C@H]2/C=C\CCCCC[C@H](NC(=O)O)C(=O)N2C[C@H](Oc4nc5cc(F)ccc5c5ccccc45)C[C@H]2C(=O)N3)CC1. The fourth-order valence-corrected chi connectivity index (χ4v) is 8.55. The summed E-state index contributed by atoms with van der Waals surface area (Å²) in [5.74, 6) is -2.93. The quantitative estimate of drug-likeness (QED) is 0.217. The summed E-state index contributed by atoms with van der Waals surface area (Å²) in [5.41, 5.74) is -1.20. The molecule has 0 unspecified atom stereocenters. The number of aromatic nitrogens is 1. The average Bonchev–Trinajstić information content (AvgIpc) is 3.96.